The highest BCUT2D eigenvalue weighted by atomic mass is 16.5. The Hall–Kier alpha value is -1.90. The van der Waals surface area contributed by atoms with Gasteiger partial charge >= 0.3 is 5.97 Å². The monoisotopic (exact) mass is 246 g/mol. The maximum Gasteiger partial charge on any atom is 0.303 e. The maximum atomic E-state index is 11.2. The molecule has 0 aliphatic carbocycles. The zero-order valence-electron chi connectivity index (χ0n) is 10.9. The Kier molecular flexibility index (Phi) is 5.31. The molecule has 2 atom stereocenters. The predicted octanol–water partition coefficient (Wildman–Crippen LogP) is 2.99. The van der Waals surface area contributed by atoms with Crippen molar-refractivity contribution in [1.82, 2.24) is 0 Å². The smallest absolute Gasteiger partial charge is 0.303 e. The van der Waals surface area contributed by atoms with Crippen molar-refractivity contribution in [3.63, 3.8) is 0 Å². The van der Waals surface area contributed by atoms with Crippen LogP contribution in [0.5, 0.6) is 0 Å². The van der Waals surface area contributed by atoms with Crippen molar-refractivity contribution < 1.29 is 14.3 Å². The van der Waals surface area contributed by atoms with Crippen LogP contribution in [0, 0.1) is 12.8 Å². The third kappa shape index (κ3) is 4.17. The fraction of sp³-hybridized carbons (Fsp3) is 0.333. The fourth-order valence-corrected chi connectivity index (χ4v) is 1.74. The van der Waals surface area contributed by atoms with Gasteiger partial charge in [0, 0.05) is 12.8 Å². The highest BCUT2D eigenvalue weighted by molar-refractivity contribution is 5.66. The fourth-order valence-electron chi connectivity index (χ4n) is 1.74. The van der Waals surface area contributed by atoms with Crippen LogP contribution in [0.4, 0.5) is 0 Å². The number of aryl methyl sites for hydroxylation is 1. The van der Waals surface area contributed by atoms with E-state index in [1.165, 1.54) is 13.0 Å². The lowest BCUT2D eigenvalue weighted by Crippen LogP contribution is -2.15. The van der Waals surface area contributed by atoms with Gasteiger partial charge in [-0.05, 0) is 18.6 Å². The number of aldehydes is 1. The Morgan fingerprint density at radius 1 is 1.28 bits per heavy atom. The molecule has 18 heavy (non-hydrogen) atoms. The van der Waals surface area contributed by atoms with Gasteiger partial charge in [-0.1, -0.05) is 42.8 Å². The third-order valence-electron chi connectivity index (χ3n) is 2.67. The molecule has 3 heteroatoms. The first-order valence-corrected chi connectivity index (χ1v) is 5.90. The Bertz CT molecular complexity index is 432. The molecule has 0 saturated heterocycles. The van der Waals surface area contributed by atoms with Crippen molar-refractivity contribution in [1.29, 1.82) is 0 Å². The highest BCUT2D eigenvalue weighted by Crippen LogP contribution is 2.27. The predicted molar refractivity (Wildman–Crippen MR) is 70.1 cm³/mol. The topological polar surface area (TPSA) is 43.4 Å². The summed E-state index contributed by atoms with van der Waals surface area (Å²) in [4.78, 5) is 21.5. The summed E-state index contributed by atoms with van der Waals surface area (Å²) in [5.41, 5.74) is 2.08. The summed E-state index contributed by atoms with van der Waals surface area (Å²) in [5.74, 6) is -0.381. The molecule has 1 aromatic carbocycles. The van der Waals surface area contributed by atoms with Gasteiger partial charge < -0.3 is 4.74 Å². The van der Waals surface area contributed by atoms with Crippen LogP contribution in [0.3, 0.4) is 0 Å². The Morgan fingerprint density at radius 2 is 1.89 bits per heavy atom. The lowest BCUT2D eigenvalue weighted by Gasteiger charge is -2.21. The third-order valence-corrected chi connectivity index (χ3v) is 2.67. The summed E-state index contributed by atoms with van der Waals surface area (Å²) in [7, 11) is 0. The van der Waals surface area contributed by atoms with E-state index in [4.69, 9.17) is 4.74 Å². The van der Waals surface area contributed by atoms with Gasteiger partial charge in [0.15, 0.2) is 0 Å². The standard InChI is InChI=1S/C15H18O3/c1-11-6-8-14(9-7-11)15(18-13(3)17)12(2)5-4-10-16/h4-10,12,15H,1-3H3. The Balaban J connectivity index is 2.96. The van der Waals surface area contributed by atoms with Gasteiger partial charge in [0.2, 0.25) is 0 Å². The molecule has 0 aromatic heterocycles. The van der Waals surface area contributed by atoms with E-state index in [1.54, 1.807) is 6.08 Å². The van der Waals surface area contributed by atoms with Crippen LogP contribution >= 0.6 is 0 Å². The molecule has 1 aromatic rings. The number of benzene rings is 1. The molecule has 0 spiro atoms. The van der Waals surface area contributed by atoms with Gasteiger partial charge in [-0.2, -0.15) is 0 Å². The molecule has 0 fully saturated rings. The van der Waals surface area contributed by atoms with E-state index in [0.717, 1.165) is 17.4 Å². The van der Waals surface area contributed by atoms with Crippen molar-refractivity contribution >= 4 is 12.3 Å². The molecule has 0 aliphatic heterocycles. The summed E-state index contributed by atoms with van der Waals surface area (Å²) >= 11 is 0. The van der Waals surface area contributed by atoms with E-state index in [9.17, 15) is 9.59 Å². The van der Waals surface area contributed by atoms with E-state index in [-0.39, 0.29) is 18.0 Å². The SMILES string of the molecule is CC(=O)OC(c1ccc(C)cc1)C(C)C=CC=O. The van der Waals surface area contributed by atoms with Crippen LogP contribution in [0.15, 0.2) is 36.4 Å². The first-order chi connectivity index (χ1) is 8.54. The zero-order valence-corrected chi connectivity index (χ0v) is 10.9. The molecule has 0 radical (unpaired) electrons. The van der Waals surface area contributed by atoms with Gasteiger partial charge in [-0.25, -0.2) is 0 Å². The van der Waals surface area contributed by atoms with Crippen LogP contribution < -0.4 is 0 Å². The van der Waals surface area contributed by atoms with Crippen molar-refractivity contribution in [2.24, 2.45) is 5.92 Å². The average molecular weight is 246 g/mol. The second-order valence-corrected chi connectivity index (χ2v) is 4.32. The molecule has 0 heterocycles. The van der Waals surface area contributed by atoms with E-state index in [1.807, 2.05) is 38.1 Å². The van der Waals surface area contributed by atoms with E-state index in [2.05, 4.69) is 0 Å². The molecule has 96 valence electrons. The number of hydrogen-bond acceptors (Lipinski definition) is 3. The molecular formula is C15H18O3. The summed E-state index contributed by atoms with van der Waals surface area (Å²) in [6.45, 7) is 5.30. The maximum absolute atomic E-state index is 11.2. The van der Waals surface area contributed by atoms with Gasteiger partial charge in [0.05, 0.1) is 0 Å². The minimum absolute atomic E-state index is 0.0539. The number of allylic oxidation sites excluding steroid dienone is 1. The van der Waals surface area contributed by atoms with Crippen molar-refractivity contribution in [3.05, 3.63) is 47.5 Å². The molecule has 0 saturated carbocycles. The summed E-state index contributed by atoms with van der Waals surface area (Å²) < 4.78 is 5.33. The second-order valence-electron chi connectivity index (χ2n) is 4.32. The van der Waals surface area contributed by atoms with Crippen LogP contribution in [0.2, 0.25) is 0 Å². The quantitative estimate of drug-likeness (QED) is 0.455. The van der Waals surface area contributed by atoms with Gasteiger partial charge in [0.1, 0.15) is 12.4 Å². The lowest BCUT2D eigenvalue weighted by atomic mass is 9.96. The van der Waals surface area contributed by atoms with Gasteiger partial charge in [0.25, 0.3) is 0 Å². The summed E-state index contributed by atoms with van der Waals surface area (Å²) in [5, 5.41) is 0. The second kappa shape index (κ2) is 6.74. The van der Waals surface area contributed by atoms with Crippen molar-refractivity contribution in [2.75, 3.05) is 0 Å². The van der Waals surface area contributed by atoms with E-state index in [0.29, 0.717) is 0 Å². The Labute approximate surface area is 107 Å². The van der Waals surface area contributed by atoms with Gasteiger partial charge in [-0.3, -0.25) is 9.59 Å². The summed E-state index contributed by atoms with van der Waals surface area (Å²) in [6, 6.07) is 7.83. The molecule has 3 nitrogen and oxygen atoms in total. The van der Waals surface area contributed by atoms with Crippen molar-refractivity contribution in [3.8, 4) is 0 Å². The number of esters is 1. The van der Waals surface area contributed by atoms with Crippen LogP contribution in [0.1, 0.15) is 31.1 Å². The number of hydrogen-bond donors (Lipinski definition) is 0. The lowest BCUT2D eigenvalue weighted by molar-refractivity contribution is -0.148. The molecule has 1 rings (SSSR count). The minimum Gasteiger partial charge on any atom is -0.457 e. The number of ether oxygens (including phenoxy) is 1. The first-order valence-electron chi connectivity index (χ1n) is 5.90. The van der Waals surface area contributed by atoms with E-state index >= 15 is 0 Å². The van der Waals surface area contributed by atoms with Gasteiger partial charge in [-0.15, -0.1) is 0 Å². The zero-order chi connectivity index (χ0) is 13.5. The van der Waals surface area contributed by atoms with Crippen molar-refractivity contribution in [2.45, 2.75) is 26.9 Å². The number of carbonyl (C=O) groups excluding carboxylic acids is 2. The normalized spacial score (nSPS) is 14.2. The molecule has 0 bridgehead atoms. The molecular weight excluding hydrogens is 228 g/mol. The molecule has 0 N–H and O–H groups in total. The molecule has 2 unspecified atom stereocenters. The molecule has 0 aliphatic rings. The summed E-state index contributed by atoms with van der Waals surface area (Å²) in [6.07, 6.45) is 3.52. The first kappa shape index (κ1) is 14.2. The van der Waals surface area contributed by atoms with E-state index < -0.39 is 0 Å². The van der Waals surface area contributed by atoms with Crippen LogP contribution in [-0.4, -0.2) is 12.3 Å². The number of rotatable bonds is 5. The van der Waals surface area contributed by atoms with Crippen LogP contribution in [0.25, 0.3) is 0 Å². The van der Waals surface area contributed by atoms with Crippen LogP contribution in [-0.2, 0) is 14.3 Å². The minimum atomic E-state index is -0.362. The highest BCUT2D eigenvalue weighted by Gasteiger charge is 2.20. The molecule has 0 amide bonds. The Morgan fingerprint density at radius 3 is 2.39 bits per heavy atom. The average Bonchev–Trinajstić information content (AvgIpc) is 2.34. The largest absolute Gasteiger partial charge is 0.457 e. The number of carbonyl (C=O) groups is 2.